The molecule has 10 heteroatoms. The fraction of sp³-hybridized carbons (Fsp3) is 0.167. The Morgan fingerprint density at radius 2 is 2.04 bits per heavy atom. The highest BCUT2D eigenvalue weighted by Gasteiger charge is 2.20. The van der Waals surface area contributed by atoms with Crippen molar-refractivity contribution in [2.24, 2.45) is 0 Å². The third kappa shape index (κ3) is 4.06. The molecule has 3 rings (SSSR count). The summed E-state index contributed by atoms with van der Waals surface area (Å²) < 4.78 is 10.9. The summed E-state index contributed by atoms with van der Waals surface area (Å²) in [4.78, 5) is 35.0. The molecule has 0 saturated heterocycles. The highest BCUT2D eigenvalue weighted by atomic mass is 16.6. The van der Waals surface area contributed by atoms with Crippen molar-refractivity contribution in [2.75, 3.05) is 11.9 Å². The lowest BCUT2D eigenvalue weighted by molar-refractivity contribution is -0.384. The molecule has 0 fully saturated rings. The second-order valence-electron chi connectivity index (χ2n) is 5.64. The second-order valence-corrected chi connectivity index (χ2v) is 5.64. The molecule has 3 aromatic rings. The maximum absolute atomic E-state index is 12.4. The van der Waals surface area contributed by atoms with Crippen molar-refractivity contribution in [2.45, 2.75) is 13.5 Å². The molecule has 0 aliphatic rings. The van der Waals surface area contributed by atoms with Gasteiger partial charge in [-0.05, 0) is 19.1 Å². The maximum atomic E-state index is 12.4. The minimum absolute atomic E-state index is 0.00998. The van der Waals surface area contributed by atoms with E-state index in [0.29, 0.717) is 17.9 Å². The van der Waals surface area contributed by atoms with E-state index in [9.17, 15) is 19.7 Å². The summed E-state index contributed by atoms with van der Waals surface area (Å²) in [5, 5.41) is 17.4. The molecule has 1 amide bonds. The summed E-state index contributed by atoms with van der Waals surface area (Å²) in [7, 11) is 0. The zero-order valence-electron chi connectivity index (χ0n) is 14.8. The number of anilines is 1. The van der Waals surface area contributed by atoms with Gasteiger partial charge in [-0.3, -0.25) is 19.4 Å². The van der Waals surface area contributed by atoms with Crippen LogP contribution >= 0.6 is 0 Å². The Kier molecular flexibility index (Phi) is 5.49. The number of hydrogen-bond donors (Lipinski definition) is 1. The van der Waals surface area contributed by atoms with Crippen LogP contribution in [0.2, 0.25) is 0 Å². The Morgan fingerprint density at radius 3 is 2.71 bits per heavy atom. The number of rotatable bonds is 7. The van der Waals surface area contributed by atoms with Crippen LogP contribution in [-0.4, -0.2) is 27.2 Å². The summed E-state index contributed by atoms with van der Waals surface area (Å²) in [5.41, 5.74) is 0.262. The van der Waals surface area contributed by atoms with Gasteiger partial charge < -0.3 is 10.1 Å². The molecular formula is C18H16N4O6. The lowest BCUT2D eigenvalue weighted by atomic mass is 10.2. The van der Waals surface area contributed by atoms with Crippen molar-refractivity contribution < 1.29 is 19.0 Å². The Hall–Kier alpha value is -3.95. The van der Waals surface area contributed by atoms with Gasteiger partial charge in [-0.15, -0.1) is 0 Å². The summed E-state index contributed by atoms with van der Waals surface area (Å²) in [6.45, 7) is 1.68. The highest BCUT2D eigenvalue weighted by molar-refractivity contribution is 5.93. The first-order chi connectivity index (χ1) is 13.5. The number of nitro benzene ring substituents is 1. The van der Waals surface area contributed by atoms with Crippen molar-refractivity contribution in [3.8, 4) is 17.1 Å². The number of hydrogen-bond acceptors (Lipinski definition) is 7. The minimum atomic E-state index is -0.810. The number of amides is 1. The molecule has 0 aliphatic carbocycles. The zero-order chi connectivity index (χ0) is 20.1. The van der Waals surface area contributed by atoms with E-state index in [1.54, 1.807) is 37.3 Å². The van der Waals surface area contributed by atoms with Gasteiger partial charge in [-0.1, -0.05) is 35.5 Å². The smallest absolute Gasteiger partial charge is 0.442 e. The van der Waals surface area contributed by atoms with Gasteiger partial charge in [0.25, 0.3) is 5.69 Å². The molecule has 1 N–H and O–H groups in total. The molecule has 1 heterocycles. The summed E-state index contributed by atoms with van der Waals surface area (Å²) in [5.74, 6) is -0.958. The summed E-state index contributed by atoms with van der Waals surface area (Å²) >= 11 is 0. The van der Waals surface area contributed by atoms with Crippen molar-refractivity contribution >= 4 is 17.3 Å². The van der Waals surface area contributed by atoms with Gasteiger partial charge >= 0.3 is 5.76 Å². The summed E-state index contributed by atoms with van der Waals surface area (Å²) in [6.07, 6.45) is 0. The maximum Gasteiger partial charge on any atom is 0.442 e. The van der Waals surface area contributed by atoms with Crippen LogP contribution in [0.3, 0.4) is 0 Å². The van der Waals surface area contributed by atoms with Gasteiger partial charge in [0.1, 0.15) is 18.0 Å². The van der Waals surface area contributed by atoms with Crippen LogP contribution in [0.4, 0.5) is 11.4 Å². The SMILES string of the molecule is CCOc1ccc(NC(=O)Cn2c(-c3ccccc3)noc2=O)c([N+](=O)[O-])c1. The van der Waals surface area contributed by atoms with Crippen LogP contribution in [0, 0.1) is 10.1 Å². The average molecular weight is 384 g/mol. The number of carbonyl (C=O) groups is 1. The first-order valence-corrected chi connectivity index (χ1v) is 8.32. The number of nitro groups is 1. The van der Waals surface area contributed by atoms with Crippen molar-refractivity contribution in [1.29, 1.82) is 0 Å². The molecule has 0 saturated carbocycles. The minimum Gasteiger partial charge on any atom is -0.494 e. The lowest BCUT2D eigenvalue weighted by Gasteiger charge is -2.09. The predicted molar refractivity (Wildman–Crippen MR) is 99.1 cm³/mol. The number of ether oxygens (including phenoxy) is 1. The Balaban J connectivity index is 1.83. The fourth-order valence-electron chi connectivity index (χ4n) is 2.56. The number of nitrogens with zero attached hydrogens (tertiary/aromatic N) is 3. The van der Waals surface area contributed by atoms with Crippen LogP contribution in [0.1, 0.15) is 6.92 Å². The summed E-state index contributed by atoms with van der Waals surface area (Å²) in [6, 6.07) is 12.8. The van der Waals surface area contributed by atoms with E-state index < -0.39 is 23.1 Å². The largest absolute Gasteiger partial charge is 0.494 e. The molecule has 0 aliphatic heterocycles. The standard InChI is InChI=1S/C18H16N4O6/c1-2-27-13-8-9-14(15(10-13)22(25)26)19-16(23)11-21-17(20-28-18(21)24)12-6-4-3-5-7-12/h3-10H,2,11H2,1H3,(H,19,23). The third-order valence-electron chi connectivity index (χ3n) is 3.77. The predicted octanol–water partition coefficient (Wildman–Crippen LogP) is 2.45. The van der Waals surface area contributed by atoms with Crippen LogP contribution in [0.25, 0.3) is 11.4 Å². The molecule has 28 heavy (non-hydrogen) atoms. The third-order valence-corrected chi connectivity index (χ3v) is 3.77. The normalized spacial score (nSPS) is 10.5. The van der Waals surface area contributed by atoms with Gasteiger partial charge in [0.05, 0.1) is 17.6 Å². The average Bonchev–Trinajstić information content (AvgIpc) is 3.04. The molecule has 0 spiro atoms. The zero-order valence-corrected chi connectivity index (χ0v) is 14.8. The monoisotopic (exact) mass is 384 g/mol. The van der Waals surface area contributed by atoms with Crippen molar-refractivity contribution in [3.05, 3.63) is 69.2 Å². The van der Waals surface area contributed by atoms with Crippen LogP contribution in [0.5, 0.6) is 5.75 Å². The van der Waals surface area contributed by atoms with Gasteiger partial charge in [-0.2, -0.15) is 0 Å². The lowest BCUT2D eigenvalue weighted by Crippen LogP contribution is -2.25. The van der Waals surface area contributed by atoms with E-state index in [4.69, 9.17) is 4.74 Å². The Labute approximate surface area is 158 Å². The number of aromatic nitrogens is 2. The first-order valence-electron chi connectivity index (χ1n) is 8.32. The van der Waals surface area contributed by atoms with Crippen molar-refractivity contribution in [3.63, 3.8) is 0 Å². The number of carbonyl (C=O) groups excluding carboxylic acids is 1. The second kappa shape index (κ2) is 8.16. The van der Waals surface area contributed by atoms with E-state index in [-0.39, 0.29) is 17.2 Å². The van der Waals surface area contributed by atoms with Crippen molar-refractivity contribution in [1.82, 2.24) is 9.72 Å². The van der Waals surface area contributed by atoms with Crippen LogP contribution < -0.4 is 15.8 Å². The van der Waals surface area contributed by atoms with E-state index in [1.165, 1.54) is 18.2 Å². The number of nitrogens with one attached hydrogen (secondary N) is 1. The Morgan fingerprint density at radius 1 is 1.29 bits per heavy atom. The highest BCUT2D eigenvalue weighted by Crippen LogP contribution is 2.29. The molecule has 0 bridgehead atoms. The molecule has 144 valence electrons. The molecule has 0 radical (unpaired) electrons. The van der Waals surface area contributed by atoms with Gasteiger partial charge in [0.15, 0.2) is 5.82 Å². The molecule has 0 unspecified atom stereocenters. The van der Waals surface area contributed by atoms with E-state index in [2.05, 4.69) is 15.0 Å². The van der Waals surface area contributed by atoms with Gasteiger partial charge in [-0.25, -0.2) is 9.36 Å². The number of benzene rings is 2. The van der Waals surface area contributed by atoms with Crippen LogP contribution in [-0.2, 0) is 11.3 Å². The molecule has 0 atom stereocenters. The van der Waals surface area contributed by atoms with E-state index in [1.807, 2.05) is 0 Å². The topological polar surface area (TPSA) is 130 Å². The van der Waals surface area contributed by atoms with Gasteiger partial charge in [0.2, 0.25) is 5.91 Å². The molecule has 2 aromatic carbocycles. The molecular weight excluding hydrogens is 368 g/mol. The Bertz CT molecular complexity index is 1060. The fourth-order valence-corrected chi connectivity index (χ4v) is 2.56. The molecule has 1 aromatic heterocycles. The van der Waals surface area contributed by atoms with Gasteiger partial charge in [0, 0.05) is 5.56 Å². The molecule has 10 nitrogen and oxygen atoms in total. The van der Waals surface area contributed by atoms with E-state index >= 15 is 0 Å². The first kappa shape index (κ1) is 18.8. The quantitative estimate of drug-likeness (QED) is 0.489. The van der Waals surface area contributed by atoms with Crippen LogP contribution in [0.15, 0.2) is 57.8 Å². The van der Waals surface area contributed by atoms with E-state index in [0.717, 1.165) is 4.57 Å².